The van der Waals surface area contributed by atoms with Crippen molar-refractivity contribution < 1.29 is 14.5 Å². The summed E-state index contributed by atoms with van der Waals surface area (Å²) in [5.74, 6) is -0.159. The lowest BCUT2D eigenvalue weighted by atomic mass is 9.99. The van der Waals surface area contributed by atoms with E-state index in [1.807, 2.05) is 91.9 Å². The highest BCUT2D eigenvalue weighted by atomic mass is 16.2. The average molecular weight is 431 g/mol. The summed E-state index contributed by atoms with van der Waals surface area (Å²) < 4.78 is 0. The molecule has 166 valence electrons. The van der Waals surface area contributed by atoms with Crippen molar-refractivity contribution >= 4 is 17.5 Å². The monoisotopic (exact) mass is 430 g/mol. The van der Waals surface area contributed by atoms with Gasteiger partial charge in [0.2, 0.25) is 0 Å². The molecule has 2 amide bonds. The average Bonchev–Trinajstić information content (AvgIpc) is 2.80. The number of para-hydroxylation sites is 1. The third-order valence-electron chi connectivity index (χ3n) is 5.41. The molecule has 0 radical (unpaired) electrons. The highest BCUT2D eigenvalue weighted by Crippen LogP contribution is 2.21. The van der Waals surface area contributed by atoms with Crippen molar-refractivity contribution in [3.05, 3.63) is 102 Å². The molecule has 0 aliphatic carbocycles. The number of carbonyl (C=O) groups is 2. The number of hydrogen-bond acceptors (Lipinski definition) is 2. The molecule has 1 atom stereocenters. The summed E-state index contributed by atoms with van der Waals surface area (Å²) in [4.78, 5) is 26.6. The second kappa shape index (κ2) is 11.8. The summed E-state index contributed by atoms with van der Waals surface area (Å²) in [5, 5.41) is 6.15. The number of aryl methyl sites for hydroxylation is 1. The zero-order valence-electron chi connectivity index (χ0n) is 18.8. The zero-order chi connectivity index (χ0) is 22.8. The Labute approximate surface area is 190 Å². The molecule has 0 saturated heterocycles. The van der Waals surface area contributed by atoms with Crippen LogP contribution in [0.1, 0.15) is 36.1 Å². The van der Waals surface area contributed by atoms with Crippen molar-refractivity contribution in [3.8, 4) is 0 Å². The minimum Gasteiger partial charge on any atom is -0.340 e. The van der Waals surface area contributed by atoms with Gasteiger partial charge in [-0.05, 0) is 36.1 Å². The molecule has 0 heterocycles. The quantitative estimate of drug-likeness (QED) is 0.463. The normalized spacial score (nSPS) is 11.7. The van der Waals surface area contributed by atoms with E-state index in [1.165, 1.54) is 0 Å². The maximum Gasteiger partial charge on any atom is 0.279 e. The summed E-state index contributed by atoms with van der Waals surface area (Å²) in [6, 6.07) is 27.4. The number of carbonyl (C=O) groups excluding carboxylic acids is 2. The molecular weight excluding hydrogens is 398 g/mol. The molecule has 0 aliphatic heterocycles. The lowest BCUT2D eigenvalue weighted by molar-refractivity contribution is -0.883. The number of rotatable bonds is 10. The van der Waals surface area contributed by atoms with Crippen molar-refractivity contribution in [2.75, 3.05) is 25.0 Å². The van der Waals surface area contributed by atoms with Gasteiger partial charge in [0.1, 0.15) is 0 Å². The van der Waals surface area contributed by atoms with Gasteiger partial charge in [-0.1, -0.05) is 85.8 Å². The fourth-order valence-electron chi connectivity index (χ4n) is 3.82. The summed E-state index contributed by atoms with van der Waals surface area (Å²) in [5.41, 5.74) is 3.89. The van der Waals surface area contributed by atoms with Crippen LogP contribution >= 0.6 is 0 Å². The van der Waals surface area contributed by atoms with Crippen molar-refractivity contribution in [3.63, 3.8) is 0 Å². The van der Waals surface area contributed by atoms with Gasteiger partial charge < -0.3 is 15.5 Å². The molecule has 3 rings (SSSR count). The third-order valence-corrected chi connectivity index (χ3v) is 5.41. The topological polar surface area (TPSA) is 62.6 Å². The van der Waals surface area contributed by atoms with E-state index in [-0.39, 0.29) is 30.9 Å². The van der Waals surface area contributed by atoms with Gasteiger partial charge in [0.05, 0.1) is 12.6 Å². The molecular formula is C27H32N3O2+. The van der Waals surface area contributed by atoms with E-state index in [4.69, 9.17) is 0 Å². The lowest BCUT2D eigenvalue weighted by Crippen LogP contribution is -3.14. The van der Waals surface area contributed by atoms with Crippen LogP contribution in [0.15, 0.2) is 84.9 Å². The Hall–Kier alpha value is -3.44. The van der Waals surface area contributed by atoms with Crippen LogP contribution in [-0.2, 0) is 9.59 Å². The molecule has 5 heteroatoms. The van der Waals surface area contributed by atoms with E-state index < -0.39 is 0 Å². The van der Waals surface area contributed by atoms with Crippen molar-refractivity contribution in [2.45, 2.75) is 26.3 Å². The first-order chi connectivity index (χ1) is 15.6. The molecule has 0 saturated carbocycles. The molecule has 0 aliphatic rings. The first kappa shape index (κ1) is 23.2. The Balaban J connectivity index is 1.66. The van der Waals surface area contributed by atoms with Crippen LogP contribution in [0.2, 0.25) is 0 Å². The molecule has 3 aromatic rings. The van der Waals surface area contributed by atoms with Crippen molar-refractivity contribution in [2.24, 2.45) is 0 Å². The minimum absolute atomic E-state index is 0.0742. The number of hydrogen-bond donors (Lipinski definition) is 3. The number of nitrogens with one attached hydrogen (secondary N) is 3. The smallest absolute Gasteiger partial charge is 0.279 e. The first-order valence-electron chi connectivity index (χ1n) is 11.1. The minimum atomic E-state index is -0.228. The van der Waals surface area contributed by atoms with Crippen LogP contribution in [0.5, 0.6) is 0 Å². The van der Waals surface area contributed by atoms with E-state index in [0.29, 0.717) is 0 Å². The predicted octanol–water partition coefficient (Wildman–Crippen LogP) is 3.13. The summed E-state index contributed by atoms with van der Waals surface area (Å²) in [6.45, 7) is 5.26. The maximum atomic E-state index is 13.0. The number of amides is 2. The Kier molecular flexibility index (Phi) is 8.58. The second-order valence-electron chi connectivity index (χ2n) is 8.04. The van der Waals surface area contributed by atoms with Crippen LogP contribution in [0, 0.1) is 6.92 Å². The van der Waals surface area contributed by atoms with Crippen molar-refractivity contribution in [1.29, 1.82) is 0 Å². The van der Waals surface area contributed by atoms with E-state index in [2.05, 4.69) is 17.6 Å². The maximum absolute atomic E-state index is 13.0. The van der Waals surface area contributed by atoms with Gasteiger partial charge in [0.15, 0.2) is 13.1 Å². The van der Waals surface area contributed by atoms with Gasteiger partial charge >= 0.3 is 0 Å². The highest BCUT2D eigenvalue weighted by Gasteiger charge is 2.22. The Morgan fingerprint density at radius 1 is 0.781 bits per heavy atom. The molecule has 1 unspecified atom stereocenters. The molecule has 0 fully saturated rings. The van der Waals surface area contributed by atoms with Crippen LogP contribution in [-0.4, -0.2) is 31.4 Å². The van der Waals surface area contributed by atoms with Crippen LogP contribution in [0.25, 0.3) is 0 Å². The first-order valence-corrected chi connectivity index (χ1v) is 11.1. The van der Waals surface area contributed by atoms with Crippen molar-refractivity contribution in [1.82, 2.24) is 5.32 Å². The van der Waals surface area contributed by atoms with Gasteiger partial charge in [-0.3, -0.25) is 9.59 Å². The summed E-state index contributed by atoms with van der Waals surface area (Å²) in [7, 11) is 0. The van der Waals surface area contributed by atoms with Gasteiger partial charge in [-0.25, -0.2) is 0 Å². The number of benzene rings is 3. The third kappa shape index (κ3) is 6.79. The van der Waals surface area contributed by atoms with Gasteiger partial charge in [0.25, 0.3) is 11.8 Å². The standard InChI is InChI=1S/C27H31N3O2/c1-3-18-30(19-25(31)28-24-17-11-10-12-21(24)2)20-26(32)29-27(22-13-6-4-7-14-22)23-15-8-5-9-16-23/h4-17,27H,3,18-20H2,1-2H3,(H,28,31)(H,29,32)/p+1. The molecule has 32 heavy (non-hydrogen) atoms. The summed E-state index contributed by atoms with van der Waals surface area (Å²) in [6.07, 6.45) is 0.890. The van der Waals surface area contributed by atoms with E-state index >= 15 is 0 Å². The Morgan fingerprint density at radius 2 is 1.31 bits per heavy atom. The summed E-state index contributed by atoms with van der Waals surface area (Å²) >= 11 is 0. The fourth-order valence-corrected chi connectivity index (χ4v) is 3.82. The molecule has 0 spiro atoms. The van der Waals surface area contributed by atoms with Crippen LogP contribution in [0.4, 0.5) is 5.69 Å². The molecule has 5 nitrogen and oxygen atoms in total. The van der Waals surface area contributed by atoms with E-state index in [9.17, 15) is 9.59 Å². The van der Waals surface area contributed by atoms with Crippen LogP contribution < -0.4 is 15.5 Å². The van der Waals surface area contributed by atoms with Crippen LogP contribution in [0.3, 0.4) is 0 Å². The lowest BCUT2D eigenvalue weighted by Gasteiger charge is -2.22. The van der Waals surface area contributed by atoms with Gasteiger partial charge in [-0.2, -0.15) is 0 Å². The number of anilines is 1. The zero-order valence-corrected chi connectivity index (χ0v) is 18.8. The SMILES string of the molecule is CCC[NH+](CC(=O)Nc1ccccc1C)CC(=O)NC(c1ccccc1)c1ccccc1. The van der Waals surface area contributed by atoms with Gasteiger partial charge in [-0.15, -0.1) is 0 Å². The fraction of sp³-hybridized carbons (Fsp3) is 0.259. The Morgan fingerprint density at radius 3 is 1.88 bits per heavy atom. The predicted molar refractivity (Wildman–Crippen MR) is 129 cm³/mol. The second-order valence-corrected chi connectivity index (χ2v) is 8.04. The highest BCUT2D eigenvalue weighted by molar-refractivity contribution is 5.92. The molecule has 0 bridgehead atoms. The largest absolute Gasteiger partial charge is 0.340 e. The molecule has 3 N–H and O–H groups in total. The molecule has 3 aromatic carbocycles. The Bertz CT molecular complexity index is 966. The van der Waals surface area contributed by atoms with E-state index in [1.54, 1.807) is 0 Å². The van der Waals surface area contributed by atoms with E-state index in [0.717, 1.165) is 40.2 Å². The van der Waals surface area contributed by atoms with Gasteiger partial charge in [0, 0.05) is 5.69 Å². The molecule has 0 aromatic heterocycles. The number of quaternary nitrogens is 1.